The maximum atomic E-state index is 12.0. The van der Waals surface area contributed by atoms with Gasteiger partial charge in [0, 0.05) is 11.3 Å². The third kappa shape index (κ3) is 6.74. The second kappa shape index (κ2) is 9.32. The monoisotopic (exact) mass is 423 g/mol. The van der Waals surface area contributed by atoms with Crippen LogP contribution in [-0.2, 0) is 25.8 Å². The first-order chi connectivity index (χ1) is 13.0. The van der Waals surface area contributed by atoms with Gasteiger partial charge in [-0.3, -0.25) is 14.9 Å². The molecule has 0 spiro atoms. The Morgan fingerprint density at radius 2 is 1.75 bits per heavy atom. The first-order valence-corrected chi connectivity index (χ1v) is 11.0. The van der Waals surface area contributed by atoms with Crippen molar-refractivity contribution in [1.82, 2.24) is 5.32 Å². The van der Waals surface area contributed by atoms with E-state index in [-0.39, 0.29) is 6.42 Å². The summed E-state index contributed by atoms with van der Waals surface area (Å²) >= 11 is 6.01. The molecule has 2 N–H and O–H groups in total. The highest BCUT2D eigenvalue weighted by Crippen LogP contribution is 2.23. The van der Waals surface area contributed by atoms with Crippen LogP contribution in [0.5, 0.6) is 0 Å². The van der Waals surface area contributed by atoms with Gasteiger partial charge in [-0.25, -0.2) is 8.42 Å². The van der Waals surface area contributed by atoms with Crippen LogP contribution in [-0.4, -0.2) is 49.4 Å². The van der Waals surface area contributed by atoms with Crippen molar-refractivity contribution < 1.29 is 23.1 Å². The molecule has 0 saturated heterocycles. The van der Waals surface area contributed by atoms with Gasteiger partial charge in [0.25, 0.3) is 0 Å². The molecule has 150 valence electrons. The zero-order valence-electron chi connectivity index (χ0n) is 15.6. The fourth-order valence-electron chi connectivity index (χ4n) is 2.73. The van der Waals surface area contributed by atoms with Gasteiger partial charge in [0.05, 0.1) is 6.04 Å². The Morgan fingerprint density at radius 3 is 2.29 bits per heavy atom. The second-order valence-corrected chi connectivity index (χ2v) is 9.30. The van der Waals surface area contributed by atoms with Crippen molar-refractivity contribution in [3.05, 3.63) is 59.1 Å². The number of carboxylic acid groups (broad SMARTS) is 1. The number of Topliss-reactive ketones (excluding diaryl/α,β-unsaturated/α-hetero) is 1. The van der Waals surface area contributed by atoms with Crippen molar-refractivity contribution >= 4 is 33.2 Å². The molecule has 0 saturated carbocycles. The molecule has 0 bridgehead atoms. The molecule has 6 nitrogen and oxygen atoms in total. The average molecular weight is 424 g/mol. The van der Waals surface area contributed by atoms with Crippen LogP contribution in [0, 0.1) is 0 Å². The quantitative estimate of drug-likeness (QED) is 0.643. The number of sulfone groups is 1. The Bertz CT molecular complexity index is 957. The Kier molecular flexibility index (Phi) is 7.35. The molecule has 0 aromatic heterocycles. The SMILES string of the molecule is C[C@H](N[C@@H](Cc1ccc(-c2cccc(Cl)c2)cc1)C(=O)O)C(=O)CS(C)(=O)=O. The largest absolute Gasteiger partial charge is 0.480 e. The van der Waals surface area contributed by atoms with Crippen molar-refractivity contribution in [2.24, 2.45) is 0 Å². The van der Waals surface area contributed by atoms with Gasteiger partial charge in [-0.2, -0.15) is 0 Å². The van der Waals surface area contributed by atoms with Gasteiger partial charge < -0.3 is 5.11 Å². The molecule has 0 unspecified atom stereocenters. The van der Waals surface area contributed by atoms with E-state index >= 15 is 0 Å². The topological polar surface area (TPSA) is 101 Å². The summed E-state index contributed by atoms with van der Waals surface area (Å²) in [5.74, 6) is -2.30. The number of rotatable bonds is 9. The van der Waals surface area contributed by atoms with Crippen molar-refractivity contribution in [2.45, 2.75) is 25.4 Å². The number of nitrogens with one attached hydrogen (secondary N) is 1. The number of carbonyl (C=O) groups excluding carboxylic acids is 1. The standard InChI is InChI=1S/C20H22ClNO5S/c1-13(19(23)12-28(2,26)27)22-18(20(24)25)10-14-6-8-15(9-7-14)16-4-3-5-17(21)11-16/h3-9,11,13,18,22H,10,12H2,1-2H3,(H,24,25)/t13-,18-/m0/s1. The first-order valence-electron chi connectivity index (χ1n) is 8.59. The van der Waals surface area contributed by atoms with Crippen LogP contribution in [0.2, 0.25) is 5.02 Å². The molecule has 2 aromatic carbocycles. The highest BCUT2D eigenvalue weighted by molar-refractivity contribution is 7.91. The minimum atomic E-state index is -3.46. The van der Waals surface area contributed by atoms with Gasteiger partial charge in [-0.15, -0.1) is 0 Å². The van der Waals surface area contributed by atoms with Crippen molar-refractivity contribution in [1.29, 1.82) is 0 Å². The molecule has 2 atom stereocenters. The fourth-order valence-corrected chi connectivity index (χ4v) is 3.69. The molecule has 2 aromatic rings. The van der Waals surface area contributed by atoms with Gasteiger partial charge >= 0.3 is 5.97 Å². The van der Waals surface area contributed by atoms with Crippen molar-refractivity contribution in [3.63, 3.8) is 0 Å². The van der Waals surface area contributed by atoms with E-state index in [0.717, 1.165) is 22.9 Å². The van der Waals surface area contributed by atoms with Crippen LogP contribution in [0.3, 0.4) is 0 Å². The number of halogens is 1. The number of carboxylic acids is 1. The van der Waals surface area contributed by atoms with E-state index in [0.29, 0.717) is 5.02 Å². The maximum absolute atomic E-state index is 12.0. The Balaban J connectivity index is 2.08. The molecule has 0 radical (unpaired) electrons. The molecule has 0 aliphatic heterocycles. The lowest BCUT2D eigenvalue weighted by Crippen LogP contribution is -2.48. The number of hydrogen-bond donors (Lipinski definition) is 2. The summed E-state index contributed by atoms with van der Waals surface area (Å²) in [5.41, 5.74) is 2.67. The molecule has 0 aliphatic rings. The zero-order valence-corrected chi connectivity index (χ0v) is 17.1. The smallest absolute Gasteiger partial charge is 0.321 e. The third-order valence-electron chi connectivity index (χ3n) is 4.19. The third-order valence-corrected chi connectivity index (χ3v) is 5.23. The first kappa shape index (κ1) is 22.1. The Labute approximate surface area is 169 Å². The molecule has 28 heavy (non-hydrogen) atoms. The lowest BCUT2D eigenvalue weighted by Gasteiger charge is -2.19. The second-order valence-electron chi connectivity index (χ2n) is 6.73. The van der Waals surface area contributed by atoms with E-state index in [1.165, 1.54) is 6.92 Å². The van der Waals surface area contributed by atoms with Gasteiger partial charge in [0.2, 0.25) is 0 Å². The van der Waals surface area contributed by atoms with Crippen LogP contribution in [0.15, 0.2) is 48.5 Å². The van der Waals surface area contributed by atoms with Gasteiger partial charge in [-0.1, -0.05) is 48.0 Å². The number of aliphatic carboxylic acids is 1. The van der Waals surface area contributed by atoms with Crippen molar-refractivity contribution in [3.8, 4) is 11.1 Å². The van der Waals surface area contributed by atoms with Crippen LogP contribution < -0.4 is 5.32 Å². The summed E-state index contributed by atoms with van der Waals surface area (Å²) in [6, 6.07) is 12.9. The average Bonchev–Trinajstić information content (AvgIpc) is 2.60. The van der Waals surface area contributed by atoms with Crippen LogP contribution in [0.25, 0.3) is 11.1 Å². The summed E-state index contributed by atoms with van der Waals surface area (Å²) in [6.07, 6.45) is 1.12. The number of ketones is 1. The summed E-state index contributed by atoms with van der Waals surface area (Å²) in [7, 11) is -3.46. The minimum Gasteiger partial charge on any atom is -0.480 e. The summed E-state index contributed by atoms with van der Waals surface area (Å²) in [6.45, 7) is 1.46. The van der Waals surface area contributed by atoms with E-state index < -0.39 is 39.4 Å². The molecule has 8 heteroatoms. The summed E-state index contributed by atoms with van der Waals surface area (Å²) in [5, 5.41) is 12.8. The van der Waals surface area contributed by atoms with Gasteiger partial charge in [0.15, 0.2) is 15.6 Å². The zero-order chi connectivity index (χ0) is 20.9. The molecule has 2 rings (SSSR count). The van der Waals surface area contributed by atoms with E-state index in [1.54, 1.807) is 6.07 Å². The van der Waals surface area contributed by atoms with Crippen molar-refractivity contribution in [2.75, 3.05) is 12.0 Å². The highest BCUT2D eigenvalue weighted by Gasteiger charge is 2.25. The van der Waals surface area contributed by atoms with Crippen LogP contribution in [0.4, 0.5) is 0 Å². The number of hydrogen-bond acceptors (Lipinski definition) is 5. The van der Waals surface area contributed by atoms with E-state index in [1.807, 2.05) is 42.5 Å². The normalized spacial score (nSPS) is 13.7. The minimum absolute atomic E-state index is 0.154. The van der Waals surface area contributed by atoms with E-state index in [9.17, 15) is 23.1 Å². The highest BCUT2D eigenvalue weighted by atomic mass is 35.5. The predicted molar refractivity (Wildman–Crippen MR) is 109 cm³/mol. The van der Waals surface area contributed by atoms with E-state index in [4.69, 9.17) is 11.6 Å². The Hall–Kier alpha value is -2.22. The number of benzene rings is 2. The lowest BCUT2D eigenvalue weighted by atomic mass is 10.00. The number of carbonyl (C=O) groups is 2. The predicted octanol–water partition coefficient (Wildman–Crippen LogP) is 2.59. The fraction of sp³-hybridized carbons (Fsp3) is 0.300. The summed E-state index contributed by atoms with van der Waals surface area (Å²) < 4.78 is 22.5. The molecule has 0 heterocycles. The molecular formula is C20H22ClNO5S. The maximum Gasteiger partial charge on any atom is 0.321 e. The van der Waals surface area contributed by atoms with Crippen LogP contribution in [0.1, 0.15) is 12.5 Å². The molecular weight excluding hydrogens is 402 g/mol. The lowest BCUT2D eigenvalue weighted by molar-refractivity contribution is -0.139. The van der Waals surface area contributed by atoms with Gasteiger partial charge in [0.1, 0.15) is 11.8 Å². The molecule has 0 amide bonds. The van der Waals surface area contributed by atoms with Crippen LogP contribution >= 0.6 is 11.6 Å². The van der Waals surface area contributed by atoms with Gasteiger partial charge in [-0.05, 0) is 42.2 Å². The molecule has 0 aliphatic carbocycles. The summed E-state index contributed by atoms with van der Waals surface area (Å²) in [4.78, 5) is 23.5. The van der Waals surface area contributed by atoms with E-state index in [2.05, 4.69) is 5.32 Å². The molecule has 0 fully saturated rings. The Morgan fingerprint density at radius 1 is 1.11 bits per heavy atom.